The molecule has 196 valence electrons. The highest BCUT2D eigenvalue weighted by Gasteiger charge is 2.21. The van der Waals surface area contributed by atoms with Crippen molar-refractivity contribution in [3.05, 3.63) is 59.8 Å². The second kappa shape index (κ2) is 10.6. The third kappa shape index (κ3) is 6.32. The zero-order valence-corrected chi connectivity index (χ0v) is 23.0. The van der Waals surface area contributed by atoms with E-state index in [9.17, 15) is 8.42 Å². The number of aromatic amines is 1. The van der Waals surface area contributed by atoms with E-state index in [1.54, 1.807) is 53.5 Å². The van der Waals surface area contributed by atoms with Gasteiger partial charge in [0.2, 0.25) is 10.0 Å². The molecule has 4 rings (SSSR count). The van der Waals surface area contributed by atoms with Crippen LogP contribution < -0.4 is 19.7 Å². The lowest BCUT2D eigenvalue weighted by molar-refractivity contribution is 0.394. The molecule has 2 heterocycles. The summed E-state index contributed by atoms with van der Waals surface area (Å²) in [5.41, 5.74) is 1.65. The van der Waals surface area contributed by atoms with Crippen molar-refractivity contribution in [2.75, 3.05) is 14.2 Å². The van der Waals surface area contributed by atoms with Crippen LogP contribution in [0.1, 0.15) is 26.3 Å². The first-order valence-corrected chi connectivity index (χ1v) is 13.8. The lowest BCUT2D eigenvalue weighted by atomic mass is 10.1. The first-order chi connectivity index (χ1) is 17.5. The summed E-state index contributed by atoms with van der Waals surface area (Å²) < 4.78 is 40.4. The second-order valence-electron chi connectivity index (χ2n) is 9.40. The van der Waals surface area contributed by atoms with Gasteiger partial charge in [-0.25, -0.2) is 23.1 Å². The third-order valence-electron chi connectivity index (χ3n) is 5.39. The summed E-state index contributed by atoms with van der Waals surface area (Å²) in [5.74, 6) is 1.39. The predicted molar refractivity (Wildman–Crippen MR) is 142 cm³/mol. The van der Waals surface area contributed by atoms with Crippen molar-refractivity contribution in [3.63, 3.8) is 0 Å². The standard InChI is InChI=1S/C25H30N6O4S2/c1-25(2,3)30-37(32,33)18-9-6-16(7-10-18)12-13-31-15-27-22(26)21-23(31)29-24(28-21)36-20-14-17(34-4)8-11-19(20)35-5/h6-11,14-15,26,30H,12-13H2,1-5H3,(H,28,29). The molecule has 0 saturated heterocycles. The summed E-state index contributed by atoms with van der Waals surface area (Å²) in [5, 5.41) is 8.82. The van der Waals surface area contributed by atoms with Crippen LogP contribution in [-0.2, 0) is 23.0 Å². The topological polar surface area (TPSA) is 135 Å². The van der Waals surface area contributed by atoms with Crippen LogP contribution >= 0.6 is 11.8 Å². The Morgan fingerprint density at radius 2 is 1.84 bits per heavy atom. The van der Waals surface area contributed by atoms with Crippen LogP contribution in [-0.4, -0.2) is 47.7 Å². The Morgan fingerprint density at radius 3 is 2.49 bits per heavy atom. The molecular weight excluding hydrogens is 512 g/mol. The highest BCUT2D eigenvalue weighted by atomic mass is 32.2. The molecule has 2 aromatic carbocycles. The van der Waals surface area contributed by atoms with E-state index in [0.29, 0.717) is 40.8 Å². The number of nitrogens with zero attached hydrogens (tertiary/aromatic N) is 3. The number of hydrogen-bond donors (Lipinski definition) is 3. The predicted octanol–water partition coefficient (Wildman–Crippen LogP) is 3.73. The Hall–Kier alpha value is -3.35. The number of methoxy groups -OCH3 is 2. The maximum absolute atomic E-state index is 12.6. The van der Waals surface area contributed by atoms with Crippen molar-refractivity contribution in [1.29, 1.82) is 5.41 Å². The van der Waals surface area contributed by atoms with Gasteiger partial charge in [-0.3, -0.25) is 5.41 Å². The van der Waals surface area contributed by atoms with Crippen molar-refractivity contribution in [2.45, 2.75) is 54.2 Å². The monoisotopic (exact) mass is 542 g/mol. The fourth-order valence-electron chi connectivity index (χ4n) is 3.69. The number of aryl methyl sites for hydroxylation is 2. The van der Waals surface area contributed by atoms with E-state index in [-0.39, 0.29) is 10.4 Å². The molecule has 12 heteroatoms. The minimum atomic E-state index is -3.59. The van der Waals surface area contributed by atoms with Crippen LogP contribution in [0.5, 0.6) is 11.5 Å². The summed E-state index contributed by atoms with van der Waals surface area (Å²) >= 11 is 1.37. The van der Waals surface area contributed by atoms with Crippen LogP contribution in [0.2, 0.25) is 0 Å². The van der Waals surface area contributed by atoms with Crippen molar-refractivity contribution in [3.8, 4) is 11.5 Å². The summed E-state index contributed by atoms with van der Waals surface area (Å²) in [7, 11) is -0.378. The van der Waals surface area contributed by atoms with Gasteiger partial charge in [0.15, 0.2) is 16.3 Å². The molecule has 4 aromatic rings. The molecule has 0 atom stereocenters. The third-order valence-corrected chi connectivity index (χ3v) is 8.09. The minimum absolute atomic E-state index is 0.101. The number of ether oxygens (including phenoxy) is 2. The summed E-state index contributed by atoms with van der Waals surface area (Å²) in [4.78, 5) is 13.2. The van der Waals surface area contributed by atoms with Crippen LogP contribution in [0, 0.1) is 5.41 Å². The van der Waals surface area contributed by atoms with Gasteiger partial charge >= 0.3 is 0 Å². The molecule has 0 aliphatic heterocycles. The molecule has 0 saturated carbocycles. The lowest BCUT2D eigenvalue weighted by Crippen LogP contribution is -2.40. The van der Waals surface area contributed by atoms with Crippen LogP contribution in [0.3, 0.4) is 0 Å². The van der Waals surface area contributed by atoms with Crippen LogP contribution in [0.4, 0.5) is 0 Å². The second-order valence-corrected chi connectivity index (χ2v) is 12.1. The minimum Gasteiger partial charge on any atom is -0.497 e. The molecule has 0 radical (unpaired) electrons. The Bertz CT molecular complexity index is 1570. The average molecular weight is 543 g/mol. The number of fused-ring (bicyclic) bond motifs is 1. The van der Waals surface area contributed by atoms with E-state index in [1.165, 1.54) is 11.8 Å². The van der Waals surface area contributed by atoms with E-state index in [1.807, 2.05) is 34.9 Å². The number of H-pyrrole nitrogens is 1. The number of imidazole rings is 1. The van der Waals surface area contributed by atoms with Crippen LogP contribution in [0.15, 0.2) is 63.7 Å². The largest absolute Gasteiger partial charge is 0.497 e. The van der Waals surface area contributed by atoms with Crippen molar-refractivity contribution in [2.24, 2.45) is 0 Å². The molecular formula is C25H30N6O4S2. The van der Waals surface area contributed by atoms with Gasteiger partial charge in [0.25, 0.3) is 0 Å². The first-order valence-electron chi connectivity index (χ1n) is 11.5. The molecule has 2 aromatic heterocycles. The van der Waals surface area contributed by atoms with Gasteiger partial charge in [-0.05, 0) is 74.8 Å². The Morgan fingerprint density at radius 1 is 1.11 bits per heavy atom. The first kappa shape index (κ1) is 26.7. The van der Waals surface area contributed by atoms with Gasteiger partial charge in [-0.1, -0.05) is 12.1 Å². The number of hydrogen-bond acceptors (Lipinski definition) is 8. The van der Waals surface area contributed by atoms with E-state index >= 15 is 0 Å². The number of benzene rings is 2. The fraction of sp³-hybridized carbons (Fsp3) is 0.320. The van der Waals surface area contributed by atoms with Gasteiger partial charge in [0.1, 0.15) is 17.0 Å². The molecule has 0 amide bonds. The van der Waals surface area contributed by atoms with E-state index < -0.39 is 15.6 Å². The molecule has 0 fully saturated rings. The molecule has 0 aliphatic rings. The van der Waals surface area contributed by atoms with Crippen molar-refractivity contribution >= 4 is 32.9 Å². The highest BCUT2D eigenvalue weighted by Crippen LogP contribution is 2.36. The zero-order chi connectivity index (χ0) is 26.8. The van der Waals surface area contributed by atoms with Gasteiger partial charge in [0.05, 0.1) is 30.3 Å². The summed E-state index contributed by atoms with van der Waals surface area (Å²) in [6, 6.07) is 12.4. The van der Waals surface area contributed by atoms with Gasteiger partial charge < -0.3 is 19.0 Å². The van der Waals surface area contributed by atoms with E-state index in [4.69, 9.17) is 19.9 Å². The maximum Gasteiger partial charge on any atom is 0.241 e. The number of sulfonamides is 1. The lowest BCUT2D eigenvalue weighted by Gasteiger charge is -2.20. The Balaban J connectivity index is 1.54. The molecule has 0 spiro atoms. The van der Waals surface area contributed by atoms with E-state index in [2.05, 4.69) is 14.7 Å². The summed E-state index contributed by atoms with van der Waals surface area (Å²) in [6.07, 6.45) is 2.23. The molecule has 10 nitrogen and oxygen atoms in total. The molecule has 0 bridgehead atoms. The quantitative estimate of drug-likeness (QED) is 0.293. The highest BCUT2D eigenvalue weighted by molar-refractivity contribution is 7.99. The van der Waals surface area contributed by atoms with Gasteiger partial charge in [-0.2, -0.15) is 0 Å². The Labute approximate surface area is 220 Å². The van der Waals surface area contributed by atoms with Crippen molar-refractivity contribution < 1.29 is 17.9 Å². The van der Waals surface area contributed by atoms with Crippen LogP contribution in [0.25, 0.3) is 11.2 Å². The molecule has 37 heavy (non-hydrogen) atoms. The Kier molecular flexibility index (Phi) is 7.62. The van der Waals surface area contributed by atoms with Crippen molar-refractivity contribution in [1.82, 2.24) is 24.2 Å². The number of nitrogens with one attached hydrogen (secondary N) is 3. The number of aromatic nitrogens is 4. The summed E-state index contributed by atoms with van der Waals surface area (Å²) in [6.45, 7) is 5.96. The normalized spacial score (nSPS) is 12.1. The average Bonchev–Trinajstić information content (AvgIpc) is 3.27. The molecule has 0 unspecified atom stereocenters. The zero-order valence-electron chi connectivity index (χ0n) is 21.3. The van der Waals surface area contributed by atoms with E-state index in [0.717, 1.165) is 10.5 Å². The number of rotatable bonds is 9. The smallest absolute Gasteiger partial charge is 0.241 e. The molecule has 0 aliphatic carbocycles. The maximum atomic E-state index is 12.6. The van der Waals surface area contributed by atoms with Gasteiger partial charge in [-0.15, -0.1) is 0 Å². The van der Waals surface area contributed by atoms with Gasteiger partial charge in [0, 0.05) is 12.1 Å². The fourth-order valence-corrected chi connectivity index (χ4v) is 6.03. The SMILES string of the molecule is COc1ccc(OC)c(Sc2nc3c([nH]2)c(=N)ncn3CCc2ccc(S(=O)(=O)NC(C)(C)C)cc2)c1. The molecule has 3 N–H and O–H groups in total.